The number of hydrogen-bond donors (Lipinski definition) is 1. The van der Waals surface area contributed by atoms with Gasteiger partial charge in [-0.3, -0.25) is 4.90 Å². The lowest BCUT2D eigenvalue weighted by Gasteiger charge is -2.38. The highest BCUT2D eigenvalue weighted by molar-refractivity contribution is 5.14. The molecular formula is C19H31NO. The molecule has 0 amide bonds. The van der Waals surface area contributed by atoms with E-state index >= 15 is 0 Å². The molecule has 0 atom stereocenters. The average molecular weight is 289 g/mol. The third-order valence-corrected chi connectivity index (χ3v) is 5.00. The third-order valence-electron chi connectivity index (χ3n) is 5.00. The van der Waals surface area contributed by atoms with Gasteiger partial charge in [0.25, 0.3) is 0 Å². The van der Waals surface area contributed by atoms with Gasteiger partial charge in [0.1, 0.15) is 0 Å². The van der Waals surface area contributed by atoms with Gasteiger partial charge in [-0.2, -0.15) is 0 Å². The highest BCUT2D eigenvalue weighted by Crippen LogP contribution is 2.36. The molecule has 2 rings (SSSR count). The molecule has 1 aromatic rings. The van der Waals surface area contributed by atoms with Gasteiger partial charge in [-0.25, -0.2) is 0 Å². The number of aliphatic hydroxyl groups excluding tert-OH is 1. The maximum absolute atomic E-state index is 10.0. The number of aliphatic hydroxyl groups is 1. The largest absolute Gasteiger partial charge is 0.396 e. The van der Waals surface area contributed by atoms with Crippen LogP contribution in [0.15, 0.2) is 30.3 Å². The Morgan fingerprint density at radius 3 is 2.19 bits per heavy atom. The molecule has 2 nitrogen and oxygen atoms in total. The number of nitrogens with zero attached hydrogens (tertiary/aromatic N) is 1. The van der Waals surface area contributed by atoms with Crippen LogP contribution in [-0.4, -0.2) is 29.2 Å². The van der Waals surface area contributed by atoms with Gasteiger partial charge in [0.2, 0.25) is 0 Å². The van der Waals surface area contributed by atoms with Crippen LogP contribution in [0.25, 0.3) is 0 Å². The Hall–Kier alpha value is -0.860. The quantitative estimate of drug-likeness (QED) is 0.792. The van der Waals surface area contributed by atoms with Crippen molar-refractivity contribution < 1.29 is 5.11 Å². The average Bonchev–Trinajstić information content (AvgIpc) is 2.74. The second kappa shape index (κ2) is 7.95. The second-order valence-electron chi connectivity index (χ2n) is 7.06. The fourth-order valence-electron chi connectivity index (χ4n) is 3.51. The van der Waals surface area contributed by atoms with Crippen molar-refractivity contribution in [1.29, 1.82) is 0 Å². The molecule has 1 N–H and O–H groups in total. The molecule has 0 aliphatic heterocycles. The molecule has 1 saturated carbocycles. The first-order valence-electron chi connectivity index (χ1n) is 8.54. The van der Waals surface area contributed by atoms with E-state index in [1.54, 1.807) is 0 Å². The zero-order valence-electron chi connectivity index (χ0n) is 13.7. The van der Waals surface area contributed by atoms with Gasteiger partial charge in [-0.05, 0) is 32.3 Å². The molecule has 0 unspecified atom stereocenters. The van der Waals surface area contributed by atoms with Crippen molar-refractivity contribution in [1.82, 2.24) is 4.90 Å². The SMILES string of the molecule is CC(C)N(Cc1ccccc1)CC1(CO)CCCCCC1. The van der Waals surface area contributed by atoms with E-state index in [9.17, 15) is 5.11 Å². The summed E-state index contributed by atoms with van der Waals surface area (Å²) >= 11 is 0. The van der Waals surface area contributed by atoms with Crippen molar-refractivity contribution >= 4 is 0 Å². The van der Waals surface area contributed by atoms with E-state index < -0.39 is 0 Å². The summed E-state index contributed by atoms with van der Waals surface area (Å²) in [5.41, 5.74) is 1.49. The van der Waals surface area contributed by atoms with Crippen molar-refractivity contribution in [3.8, 4) is 0 Å². The topological polar surface area (TPSA) is 23.5 Å². The van der Waals surface area contributed by atoms with Crippen LogP contribution >= 0.6 is 0 Å². The standard InChI is InChI=1S/C19H31NO/c1-17(2)20(14-18-10-6-5-7-11-18)15-19(16-21)12-8-3-4-9-13-19/h5-7,10-11,17,21H,3-4,8-9,12-16H2,1-2H3. The van der Waals surface area contributed by atoms with Crippen molar-refractivity contribution in [2.24, 2.45) is 5.41 Å². The van der Waals surface area contributed by atoms with E-state index in [4.69, 9.17) is 0 Å². The van der Waals surface area contributed by atoms with E-state index in [0.717, 1.165) is 13.1 Å². The van der Waals surface area contributed by atoms with Gasteiger partial charge in [0, 0.05) is 31.2 Å². The van der Waals surface area contributed by atoms with Crippen molar-refractivity contribution in [2.75, 3.05) is 13.2 Å². The molecule has 2 heteroatoms. The fourth-order valence-corrected chi connectivity index (χ4v) is 3.51. The lowest BCUT2D eigenvalue weighted by Crippen LogP contribution is -2.43. The van der Waals surface area contributed by atoms with Crippen LogP contribution in [0.3, 0.4) is 0 Å². The van der Waals surface area contributed by atoms with Crippen LogP contribution in [0.1, 0.15) is 57.9 Å². The number of hydrogen-bond acceptors (Lipinski definition) is 2. The Morgan fingerprint density at radius 2 is 1.67 bits per heavy atom. The highest BCUT2D eigenvalue weighted by atomic mass is 16.3. The van der Waals surface area contributed by atoms with Gasteiger partial charge >= 0.3 is 0 Å². The van der Waals surface area contributed by atoms with Gasteiger partial charge in [0.05, 0.1) is 0 Å². The van der Waals surface area contributed by atoms with E-state index in [2.05, 4.69) is 49.1 Å². The zero-order valence-corrected chi connectivity index (χ0v) is 13.7. The molecule has 1 fully saturated rings. The maximum Gasteiger partial charge on any atom is 0.0499 e. The zero-order chi connectivity index (χ0) is 15.1. The summed E-state index contributed by atoms with van der Waals surface area (Å²) in [5, 5.41) is 10.0. The molecule has 21 heavy (non-hydrogen) atoms. The molecule has 0 bridgehead atoms. The predicted octanol–water partition coefficient (Wildman–Crippen LogP) is 4.23. The Morgan fingerprint density at radius 1 is 1.05 bits per heavy atom. The Kier molecular flexibility index (Phi) is 6.25. The summed E-state index contributed by atoms with van der Waals surface area (Å²) < 4.78 is 0. The van der Waals surface area contributed by atoms with E-state index in [0.29, 0.717) is 12.6 Å². The Bertz CT molecular complexity index is 393. The first kappa shape index (κ1) is 16.5. The van der Waals surface area contributed by atoms with Crippen LogP contribution in [-0.2, 0) is 6.54 Å². The minimum absolute atomic E-state index is 0.121. The normalized spacial score (nSPS) is 18.9. The van der Waals surface area contributed by atoms with Gasteiger partial charge < -0.3 is 5.11 Å². The van der Waals surface area contributed by atoms with E-state index in [-0.39, 0.29) is 5.41 Å². The summed E-state index contributed by atoms with van der Waals surface area (Å²) in [6, 6.07) is 11.2. The second-order valence-corrected chi connectivity index (χ2v) is 7.06. The molecule has 118 valence electrons. The Balaban J connectivity index is 2.06. The Labute approximate surface area is 130 Å². The van der Waals surface area contributed by atoms with Crippen LogP contribution in [0.2, 0.25) is 0 Å². The van der Waals surface area contributed by atoms with Crippen molar-refractivity contribution in [3.05, 3.63) is 35.9 Å². The molecular weight excluding hydrogens is 258 g/mol. The van der Waals surface area contributed by atoms with Gasteiger partial charge in [-0.15, -0.1) is 0 Å². The molecule has 1 aliphatic rings. The van der Waals surface area contributed by atoms with E-state index in [1.165, 1.54) is 44.1 Å². The predicted molar refractivity (Wildman–Crippen MR) is 89.2 cm³/mol. The number of rotatable bonds is 6. The summed E-state index contributed by atoms with van der Waals surface area (Å²) in [6.45, 7) is 6.89. The summed E-state index contributed by atoms with van der Waals surface area (Å²) in [7, 11) is 0. The van der Waals surface area contributed by atoms with Gasteiger partial charge in [0.15, 0.2) is 0 Å². The first-order valence-corrected chi connectivity index (χ1v) is 8.54. The lowest BCUT2D eigenvalue weighted by molar-refractivity contribution is 0.0436. The summed E-state index contributed by atoms with van der Waals surface area (Å²) in [5.74, 6) is 0. The molecule has 0 spiro atoms. The van der Waals surface area contributed by atoms with Crippen LogP contribution in [0.4, 0.5) is 0 Å². The van der Waals surface area contributed by atoms with Crippen LogP contribution in [0, 0.1) is 5.41 Å². The minimum atomic E-state index is 0.121. The summed E-state index contributed by atoms with van der Waals surface area (Å²) in [6.07, 6.45) is 7.59. The molecule has 1 aromatic carbocycles. The monoisotopic (exact) mass is 289 g/mol. The van der Waals surface area contributed by atoms with Crippen LogP contribution in [0.5, 0.6) is 0 Å². The molecule has 1 aliphatic carbocycles. The fraction of sp³-hybridized carbons (Fsp3) is 0.684. The van der Waals surface area contributed by atoms with Crippen LogP contribution < -0.4 is 0 Å². The van der Waals surface area contributed by atoms with Crippen molar-refractivity contribution in [3.63, 3.8) is 0 Å². The molecule has 0 saturated heterocycles. The third kappa shape index (κ3) is 4.82. The smallest absolute Gasteiger partial charge is 0.0499 e. The number of benzene rings is 1. The maximum atomic E-state index is 10.0. The van der Waals surface area contributed by atoms with E-state index in [1.807, 2.05) is 0 Å². The molecule has 0 aromatic heterocycles. The summed E-state index contributed by atoms with van der Waals surface area (Å²) in [4.78, 5) is 2.54. The molecule has 0 radical (unpaired) electrons. The minimum Gasteiger partial charge on any atom is -0.396 e. The molecule has 0 heterocycles. The lowest BCUT2D eigenvalue weighted by atomic mass is 9.80. The van der Waals surface area contributed by atoms with Gasteiger partial charge in [-0.1, -0.05) is 56.0 Å². The highest BCUT2D eigenvalue weighted by Gasteiger charge is 2.33. The van der Waals surface area contributed by atoms with Crippen molar-refractivity contribution in [2.45, 2.75) is 65.0 Å². The first-order chi connectivity index (χ1) is 10.2.